The zero-order valence-corrected chi connectivity index (χ0v) is 9.63. The molecule has 0 aliphatic rings. The molecule has 0 saturated carbocycles. The van der Waals surface area contributed by atoms with E-state index < -0.39 is 30.0 Å². The number of nitrogens with two attached hydrogens (primary N) is 1. The molecule has 9 nitrogen and oxygen atoms in total. The van der Waals surface area contributed by atoms with Crippen LogP contribution in [0.3, 0.4) is 0 Å². The minimum Gasteiger partial charge on any atom is -0.481 e. The zero-order valence-electron chi connectivity index (χ0n) is 9.63. The van der Waals surface area contributed by atoms with Gasteiger partial charge in [0, 0.05) is 19.6 Å². The van der Waals surface area contributed by atoms with E-state index in [1.54, 1.807) is 0 Å². The predicted octanol–water partition coefficient (Wildman–Crippen LogP) is -3.63. The Balaban J connectivity index is 4.10. The fourth-order valence-corrected chi connectivity index (χ4v) is 0.984. The van der Waals surface area contributed by atoms with Crippen molar-refractivity contribution in [2.45, 2.75) is 18.6 Å². The van der Waals surface area contributed by atoms with E-state index in [9.17, 15) is 24.6 Å². The number of amides is 2. The number of rotatable bonds is 8. The molecule has 0 aromatic carbocycles. The summed E-state index contributed by atoms with van der Waals surface area (Å²) < 4.78 is 0. The molecule has 2 amide bonds. The van der Waals surface area contributed by atoms with Crippen LogP contribution in [-0.4, -0.2) is 64.9 Å². The first-order chi connectivity index (χ1) is 8.40. The average molecular weight is 263 g/mol. The molecule has 104 valence electrons. The summed E-state index contributed by atoms with van der Waals surface area (Å²) in [6.45, 7) is 0.0466. The van der Waals surface area contributed by atoms with Crippen LogP contribution in [0.25, 0.3) is 0 Å². The standard InChI is InChI=1S/C9H17N3O6/c10-2-4-12-9(18)7(16)6(15)8(17)11-3-1-5(13)14/h6-7,15-16H,1-4,10H2,(H,11,17)(H,12,18)(H,13,14)/t6-,7+/m0/s1. The Bertz CT molecular complexity index is 309. The molecular formula is C9H17N3O6. The third-order valence-corrected chi connectivity index (χ3v) is 1.92. The topological polar surface area (TPSA) is 162 Å². The number of carbonyl (C=O) groups excluding carboxylic acids is 2. The van der Waals surface area contributed by atoms with Gasteiger partial charge >= 0.3 is 5.97 Å². The second-order valence-electron chi connectivity index (χ2n) is 3.40. The molecule has 18 heavy (non-hydrogen) atoms. The van der Waals surface area contributed by atoms with E-state index >= 15 is 0 Å². The highest BCUT2D eigenvalue weighted by Crippen LogP contribution is 1.94. The summed E-state index contributed by atoms with van der Waals surface area (Å²) in [6, 6.07) is 0. The lowest BCUT2D eigenvalue weighted by molar-refractivity contribution is -0.146. The maximum atomic E-state index is 11.2. The summed E-state index contributed by atoms with van der Waals surface area (Å²) >= 11 is 0. The second-order valence-corrected chi connectivity index (χ2v) is 3.40. The highest BCUT2D eigenvalue weighted by atomic mass is 16.4. The summed E-state index contributed by atoms with van der Waals surface area (Å²) in [5, 5.41) is 31.2. The number of hydrogen-bond donors (Lipinski definition) is 6. The quantitative estimate of drug-likeness (QED) is 0.263. The predicted molar refractivity (Wildman–Crippen MR) is 59.3 cm³/mol. The number of carboxylic acid groups (broad SMARTS) is 1. The van der Waals surface area contributed by atoms with Gasteiger partial charge in [0.1, 0.15) is 0 Å². The smallest absolute Gasteiger partial charge is 0.305 e. The minimum absolute atomic E-state index is 0.100. The lowest BCUT2D eigenvalue weighted by atomic mass is 10.1. The molecule has 0 rings (SSSR count). The molecule has 0 aromatic heterocycles. The number of hydrogen-bond acceptors (Lipinski definition) is 6. The molecule has 0 aromatic rings. The molecule has 0 saturated heterocycles. The molecule has 0 bridgehead atoms. The van der Waals surface area contributed by atoms with Gasteiger partial charge in [0.25, 0.3) is 11.8 Å². The SMILES string of the molecule is NCCNC(=O)[C@H](O)[C@H](O)C(=O)NCCC(=O)O. The van der Waals surface area contributed by atoms with Crippen LogP contribution in [-0.2, 0) is 14.4 Å². The van der Waals surface area contributed by atoms with Gasteiger partial charge in [-0.2, -0.15) is 0 Å². The van der Waals surface area contributed by atoms with Gasteiger partial charge in [-0.1, -0.05) is 0 Å². The van der Waals surface area contributed by atoms with Crippen LogP contribution in [0.15, 0.2) is 0 Å². The molecule has 2 atom stereocenters. The summed E-state index contributed by atoms with van der Waals surface area (Å²) in [7, 11) is 0. The normalized spacial score (nSPS) is 13.5. The first-order valence-electron chi connectivity index (χ1n) is 5.23. The lowest BCUT2D eigenvalue weighted by Gasteiger charge is -2.16. The van der Waals surface area contributed by atoms with Crippen molar-refractivity contribution in [1.29, 1.82) is 0 Å². The third kappa shape index (κ3) is 6.13. The van der Waals surface area contributed by atoms with Crippen molar-refractivity contribution in [1.82, 2.24) is 10.6 Å². The van der Waals surface area contributed by atoms with Gasteiger partial charge in [0.15, 0.2) is 12.2 Å². The molecule has 0 aliphatic carbocycles. The molecule has 0 radical (unpaired) electrons. The van der Waals surface area contributed by atoms with E-state index in [1.807, 2.05) is 0 Å². The van der Waals surface area contributed by atoms with Crippen LogP contribution in [0.4, 0.5) is 0 Å². The van der Waals surface area contributed by atoms with Gasteiger partial charge < -0.3 is 31.7 Å². The molecule has 0 aliphatic heterocycles. The number of carboxylic acids is 1. The molecule has 0 unspecified atom stereocenters. The number of aliphatic carboxylic acids is 1. The largest absolute Gasteiger partial charge is 0.481 e. The Kier molecular flexibility index (Phi) is 7.59. The van der Waals surface area contributed by atoms with E-state index in [-0.39, 0.29) is 26.1 Å². The minimum atomic E-state index is -1.96. The average Bonchev–Trinajstić information content (AvgIpc) is 2.33. The summed E-state index contributed by atoms with van der Waals surface area (Å²) in [5.74, 6) is -3.07. The Labute approximate surface area is 103 Å². The van der Waals surface area contributed by atoms with E-state index in [0.717, 1.165) is 0 Å². The van der Waals surface area contributed by atoms with Gasteiger partial charge in [-0.25, -0.2) is 0 Å². The molecule has 7 N–H and O–H groups in total. The lowest BCUT2D eigenvalue weighted by Crippen LogP contribution is -2.50. The van der Waals surface area contributed by atoms with Crippen molar-refractivity contribution in [3.8, 4) is 0 Å². The Morgan fingerprint density at radius 2 is 1.44 bits per heavy atom. The second kappa shape index (κ2) is 8.39. The van der Waals surface area contributed by atoms with Crippen molar-refractivity contribution < 1.29 is 29.7 Å². The van der Waals surface area contributed by atoms with Crippen molar-refractivity contribution in [3.63, 3.8) is 0 Å². The molecule has 9 heteroatoms. The molecular weight excluding hydrogens is 246 g/mol. The summed E-state index contributed by atoms with van der Waals surface area (Å²) in [4.78, 5) is 32.6. The van der Waals surface area contributed by atoms with Gasteiger partial charge in [0.05, 0.1) is 6.42 Å². The number of aliphatic hydroxyl groups excluding tert-OH is 2. The van der Waals surface area contributed by atoms with Gasteiger partial charge in [0.2, 0.25) is 0 Å². The van der Waals surface area contributed by atoms with E-state index in [2.05, 4.69) is 10.6 Å². The maximum absolute atomic E-state index is 11.2. The number of carbonyl (C=O) groups is 3. The Hall–Kier alpha value is -1.71. The monoisotopic (exact) mass is 263 g/mol. The van der Waals surface area contributed by atoms with Gasteiger partial charge in [-0.3, -0.25) is 14.4 Å². The van der Waals surface area contributed by atoms with Crippen molar-refractivity contribution >= 4 is 17.8 Å². The molecule has 0 heterocycles. The first kappa shape index (κ1) is 16.3. The molecule has 0 spiro atoms. The Morgan fingerprint density at radius 1 is 1.00 bits per heavy atom. The first-order valence-corrected chi connectivity index (χ1v) is 5.23. The van der Waals surface area contributed by atoms with Crippen LogP contribution in [0.5, 0.6) is 0 Å². The Morgan fingerprint density at radius 3 is 1.83 bits per heavy atom. The van der Waals surface area contributed by atoms with Gasteiger partial charge in [-0.15, -0.1) is 0 Å². The van der Waals surface area contributed by atoms with Crippen LogP contribution in [0.1, 0.15) is 6.42 Å². The van der Waals surface area contributed by atoms with Crippen LogP contribution in [0, 0.1) is 0 Å². The van der Waals surface area contributed by atoms with Crippen molar-refractivity contribution in [2.24, 2.45) is 5.73 Å². The zero-order chi connectivity index (χ0) is 14.1. The van der Waals surface area contributed by atoms with Crippen molar-refractivity contribution in [3.05, 3.63) is 0 Å². The maximum Gasteiger partial charge on any atom is 0.305 e. The van der Waals surface area contributed by atoms with E-state index in [1.165, 1.54) is 0 Å². The fraction of sp³-hybridized carbons (Fsp3) is 0.667. The van der Waals surface area contributed by atoms with Crippen molar-refractivity contribution in [2.75, 3.05) is 19.6 Å². The van der Waals surface area contributed by atoms with Crippen LogP contribution >= 0.6 is 0 Å². The summed E-state index contributed by atoms with van der Waals surface area (Å²) in [5.41, 5.74) is 5.11. The molecule has 0 fully saturated rings. The van der Waals surface area contributed by atoms with Crippen LogP contribution in [0.2, 0.25) is 0 Å². The van der Waals surface area contributed by atoms with Gasteiger partial charge in [-0.05, 0) is 0 Å². The third-order valence-electron chi connectivity index (χ3n) is 1.92. The number of nitrogens with one attached hydrogen (secondary N) is 2. The van der Waals surface area contributed by atoms with Crippen LogP contribution < -0.4 is 16.4 Å². The number of aliphatic hydroxyl groups is 2. The highest BCUT2D eigenvalue weighted by molar-refractivity contribution is 5.90. The van der Waals surface area contributed by atoms with E-state index in [0.29, 0.717) is 0 Å². The highest BCUT2D eigenvalue weighted by Gasteiger charge is 2.29. The fourth-order valence-electron chi connectivity index (χ4n) is 0.984. The summed E-state index contributed by atoms with van der Waals surface area (Å²) in [6.07, 6.45) is -4.22. The van der Waals surface area contributed by atoms with E-state index in [4.69, 9.17) is 10.8 Å².